The van der Waals surface area contributed by atoms with E-state index in [1.54, 1.807) is 0 Å². The number of ether oxygens (including phenoxy) is 2. The first-order valence-corrected chi connectivity index (χ1v) is 10.7. The second-order valence-corrected chi connectivity index (χ2v) is 10.5. The topological polar surface area (TPSA) is 121 Å². The van der Waals surface area contributed by atoms with Gasteiger partial charge in [-0.05, 0) is 17.7 Å². The van der Waals surface area contributed by atoms with Gasteiger partial charge in [-0.1, -0.05) is 23.7 Å². The molecule has 1 unspecified atom stereocenters. The van der Waals surface area contributed by atoms with Crippen molar-refractivity contribution in [1.82, 2.24) is 0 Å². The van der Waals surface area contributed by atoms with Gasteiger partial charge in [-0.15, -0.1) is 0 Å². The predicted molar refractivity (Wildman–Crippen MR) is 88.5 cm³/mol. The molecule has 1 aliphatic rings. The van der Waals surface area contributed by atoms with Gasteiger partial charge in [-0.3, -0.25) is 9.59 Å². The number of benzene rings is 1. The first-order chi connectivity index (χ1) is 11.5. The van der Waals surface area contributed by atoms with Crippen molar-refractivity contribution in [3.8, 4) is 0 Å². The second kappa shape index (κ2) is 6.93. The van der Waals surface area contributed by atoms with Crippen LogP contribution in [0.5, 0.6) is 0 Å². The highest BCUT2D eigenvalue weighted by molar-refractivity contribution is 8.10. The normalized spacial score (nSPS) is 27.2. The Labute approximate surface area is 149 Å². The van der Waals surface area contributed by atoms with E-state index < -0.39 is 53.1 Å². The standard InChI is InChI=1S/C14H15ClO8S2/c1-22-13(16)11-10(8-3-5-9(15)6-4-8)12(14(17)23-2)25(20,21)7-24(11,18)19/h3-6,10-12H,7H2,1-2H3/t10?,11-,12+. The third-order valence-corrected chi connectivity index (χ3v) is 9.28. The summed E-state index contributed by atoms with van der Waals surface area (Å²) >= 11 is 5.80. The fraction of sp³-hybridized carbons (Fsp3) is 0.429. The summed E-state index contributed by atoms with van der Waals surface area (Å²) in [5.74, 6) is -3.81. The number of carbonyl (C=O) groups excluding carboxylic acids is 2. The quantitative estimate of drug-likeness (QED) is 0.652. The molecule has 138 valence electrons. The molecule has 25 heavy (non-hydrogen) atoms. The Morgan fingerprint density at radius 1 is 0.920 bits per heavy atom. The number of esters is 2. The monoisotopic (exact) mass is 410 g/mol. The maximum absolute atomic E-state index is 12.4. The number of carbonyl (C=O) groups is 2. The predicted octanol–water partition coefficient (Wildman–Crippen LogP) is 0.307. The van der Waals surface area contributed by atoms with E-state index in [4.69, 9.17) is 11.6 Å². The zero-order chi connectivity index (χ0) is 19.0. The van der Waals surface area contributed by atoms with E-state index in [0.29, 0.717) is 5.02 Å². The van der Waals surface area contributed by atoms with Crippen molar-refractivity contribution in [3.63, 3.8) is 0 Å². The summed E-state index contributed by atoms with van der Waals surface area (Å²) in [6, 6.07) is 5.51. The lowest BCUT2D eigenvalue weighted by Gasteiger charge is -2.34. The molecule has 0 bridgehead atoms. The molecule has 1 aromatic carbocycles. The van der Waals surface area contributed by atoms with Crippen LogP contribution in [0.3, 0.4) is 0 Å². The number of hydrogen-bond donors (Lipinski definition) is 0. The van der Waals surface area contributed by atoms with E-state index in [1.165, 1.54) is 24.3 Å². The van der Waals surface area contributed by atoms with E-state index in [0.717, 1.165) is 14.2 Å². The molecule has 2 rings (SSSR count). The number of hydrogen-bond acceptors (Lipinski definition) is 8. The van der Waals surface area contributed by atoms with Crippen molar-refractivity contribution in [2.45, 2.75) is 16.4 Å². The average Bonchev–Trinajstić information content (AvgIpc) is 2.52. The van der Waals surface area contributed by atoms with Gasteiger partial charge in [0.05, 0.1) is 14.2 Å². The lowest BCUT2D eigenvalue weighted by atomic mass is 9.91. The Balaban J connectivity index is 2.77. The van der Waals surface area contributed by atoms with Crippen LogP contribution in [0.1, 0.15) is 11.5 Å². The minimum absolute atomic E-state index is 0.141. The van der Waals surface area contributed by atoms with Gasteiger partial charge in [-0.25, -0.2) is 16.8 Å². The van der Waals surface area contributed by atoms with Crippen molar-refractivity contribution in [2.75, 3.05) is 19.3 Å². The molecule has 11 heteroatoms. The molecule has 1 heterocycles. The Morgan fingerprint density at radius 2 is 1.32 bits per heavy atom. The van der Waals surface area contributed by atoms with Gasteiger partial charge < -0.3 is 9.47 Å². The molecule has 0 aliphatic carbocycles. The Morgan fingerprint density at radius 3 is 1.68 bits per heavy atom. The van der Waals surface area contributed by atoms with E-state index in [-0.39, 0.29) is 5.56 Å². The van der Waals surface area contributed by atoms with Crippen molar-refractivity contribution in [2.24, 2.45) is 0 Å². The van der Waals surface area contributed by atoms with Gasteiger partial charge in [0.1, 0.15) is 0 Å². The molecule has 0 spiro atoms. The molecule has 1 fully saturated rings. The molecule has 0 amide bonds. The SMILES string of the molecule is COC(=O)[C@@H]1C(c2ccc(Cl)cc2)[C@H](C(=O)OC)S(=O)(=O)CS1(=O)=O. The summed E-state index contributed by atoms with van der Waals surface area (Å²) in [5, 5.41) is -4.74. The molecule has 1 aromatic rings. The number of methoxy groups -OCH3 is 2. The third kappa shape index (κ3) is 3.65. The largest absolute Gasteiger partial charge is 0.468 e. The molecule has 1 saturated heterocycles. The molecule has 1 aliphatic heterocycles. The van der Waals surface area contributed by atoms with Crippen LogP contribution in [0, 0.1) is 0 Å². The van der Waals surface area contributed by atoms with Crippen LogP contribution in [0.25, 0.3) is 0 Å². The lowest BCUT2D eigenvalue weighted by molar-refractivity contribution is -0.142. The summed E-state index contributed by atoms with van der Waals surface area (Å²) < 4.78 is 58.9. The summed E-state index contributed by atoms with van der Waals surface area (Å²) in [5.41, 5.74) is 0.141. The van der Waals surface area contributed by atoms with Gasteiger partial charge in [0.25, 0.3) is 0 Å². The Kier molecular flexibility index (Phi) is 5.45. The van der Waals surface area contributed by atoms with Gasteiger partial charge in [0.15, 0.2) is 35.3 Å². The molecule has 8 nitrogen and oxygen atoms in total. The maximum atomic E-state index is 12.4. The smallest absolute Gasteiger partial charge is 0.324 e. The zero-order valence-corrected chi connectivity index (χ0v) is 15.6. The van der Waals surface area contributed by atoms with Crippen LogP contribution in [-0.4, -0.2) is 58.6 Å². The molecule has 3 atom stereocenters. The van der Waals surface area contributed by atoms with E-state index >= 15 is 0 Å². The van der Waals surface area contributed by atoms with Gasteiger partial charge in [0, 0.05) is 10.9 Å². The first-order valence-electron chi connectivity index (χ1n) is 6.89. The van der Waals surface area contributed by atoms with Gasteiger partial charge in [-0.2, -0.15) is 0 Å². The average molecular weight is 411 g/mol. The maximum Gasteiger partial charge on any atom is 0.324 e. The minimum Gasteiger partial charge on any atom is -0.468 e. The highest BCUT2D eigenvalue weighted by atomic mass is 35.5. The first kappa shape index (κ1) is 19.7. The Bertz CT molecular complexity index is 837. The number of rotatable bonds is 3. The molecule has 0 saturated carbocycles. The van der Waals surface area contributed by atoms with E-state index in [1.807, 2.05) is 0 Å². The zero-order valence-electron chi connectivity index (χ0n) is 13.2. The molecular formula is C14H15ClO8S2. The third-order valence-electron chi connectivity index (χ3n) is 3.88. The minimum atomic E-state index is -4.43. The van der Waals surface area contributed by atoms with Crippen molar-refractivity contribution < 1.29 is 35.9 Å². The summed E-state index contributed by atoms with van der Waals surface area (Å²) in [7, 11) is -6.90. The van der Waals surface area contributed by atoms with Gasteiger partial charge >= 0.3 is 11.9 Å². The summed E-state index contributed by atoms with van der Waals surface area (Å²) in [6.07, 6.45) is 0. The Hall–Kier alpha value is -1.65. The molecular weight excluding hydrogens is 396 g/mol. The molecule has 0 N–H and O–H groups in total. The van der Waals surface area contributed by atoms with Gasteiger partial charge in [0.2, 0.25) is 0 Å². The van der Waals surface area contributed by atoms with Crippen LogP contribution in [0.2, 0.25) is 5.02 Å². The van der Waals surface area contributed by atoms with Crippen molar-refractivity contribution >= 4 is 43.2 Å². The van der Waals surface area contributed by atoms with E-state index in [9.17, 15) is 26.4 Å². The van der Waals surface area contributed by atoms with Crippen molar-refractivity contribution in [1.29, 1.82) is 0 Å². The lowest BCUT2D eigenvalue weighted by Crippen LogP contribution is -2.55. The molecule has 0 radical (unpaired) electrons. The van der Waals surface area contributed by atoms with Crippen LogP contribution in [-0.2, 0) is 38.7 Å². The fourth-order valence-electron chi connectivity index (χ4n) is 2.83. The van der Waals surface area contributed by atoms with Crippen LogP contribution in [0.4, 0.5) is 0 Å². The highest BCUT2D eigenvalue weighted by Crippen LogP contribution is 2.39. The molecule has 0 aromatic heterocycles. The number of sulfone groups is 2. The van der Waals surface area contributed by atoms with E-state index in [2.05, 4.69) is 9.47 Å². The summed E-state index contributed by atoms with van der Waals surface area (Å²) in [4.78, 5) is 24.3. The highest BCUT2D eigenvalue weighted by Gasteiger charge is 2.58. The van der Waals surface area contributed by atoms with Crippen LogP contribution in [0.15, 0.2) is 24.3 Å². The summed E-state index contributed by atoms with van der Waals surface area (Å²) in [6.45, 7) is 0. The fourth-order valence-corrected chi connectivity index (χ4v) is 8.37. The van der Waals surface area contributed by atoms with Crippen molar-refractivity contribution in [3.05, 3.63) is 34.9 Å². The van der Waals surface area contributed by atoms with Crippen LogP contribution < -0.4 is 0 Å². The van der Waals surface area contributed by atoms with Crippen LogP contribution >= 0.6 is 11.6 Å². The second-order valence-electron chi connectivity index (χ2n) is 5.41. The number of halogens is 1.